The summed E-state index contributed by atoms with van der Waals surface area (Å²) in [4.78, 5) is 21.6. The van der Waals surface area contributed by atoms with Crippen LogP contribution in [0.4, 0.5) is 0 Å². The summed E-state index contributed by atoms with van der Waals surface area (Å²) in [6, 6.07) is 15.3. The van der Waals surface area contributed by atoms with E-state index in [-0.39, 0.29) is 12.0 Å². The fourth-order valence-corrected chi connectivity index (χ4v) is 4.31. The van der Waals surface area contributed by atoms with Crippen LogP contribution in [0.25, 0.3) is 0 Å². The molecular formula is C24H26N4O3S. The van der Waals surface area contributed by atoms with Crippen molar-refractivity contribution in [2.45, 2.75) is 32.4 Å². The summed E-state index contributed by atoms with van der Waals surface area (Å²) in [5.74, 6) is 1.15. The molecule has 0 bridgehead atoms. The standard InChI is InChI=1S/C24H26N4O3S/c1-3-20-10-11-22(32-20)24(29)26-14-19-13-21(27-31-19)16-6-8-17(9-7-16)23(25)28(2)15-18-5-4-12-30-18/h4-12,19,25H,3,13-15H2,1-2H3,(H,26,29). The van der Waals surface area contributed by atoms with Crippen LogP contribution in [-0.2, 0) is 17.8 Å². The third-order valence-electron chi connectivity index (χ3n) is 5.30. The first-order valence-electron chi connectivity index (χ1n) is 10.6. The average molecular weight is 451 g/mol. The molecule has 1 unspecified atom stereocenters. The van der Waals surface area contributed by atoms with Gasteiger partial charge in [0.2, 0.25) is 0 Å². The van der Waals surface area contributed by atoms with E-state index in [1.165, 1.54) is 16.2 Å². The summed E-state index contributed by atoms with van der Waals surface area (Å²) in [6.45, 7) is 3.02. The number of furan rings is 1. The van der Waals surface area contributed by atoms with Crippen molar-refractivity contribution < 1.29 is 14.0 Å². The summed E-state index contributed by atoms with van der Waals surface area (Å²) >= 11 is 1.52. The van der Waals surface area contributed by atoms with E-state index in [4.69, 9.17) is 14.7 Å². The molecule has 0 radical (unpaired) electrons. The summed E-state index contributed by atoms with van der Waals surface area (Å²) in [7, 11) is 1.87. The maximum Gasteiger partial charge on any atom is 0.261 e. The molecule has 1 atom stereocenters. The molecule has 1 aliphatic heterocycles. The highest BCUT2D eigenvalue weighted by Crippen LogP contribution is 2.19. The van der Waals surface area contributed by atoms with Crippen LogP contribution in [0.1, 0.15) is 44.8 Å². The lowest BCUT2D eigenvalue weighted by Crippen LogP contribution is -2.31. The second kappa shape index (κ2) is 9.82. The fourth-order valence-electron chi connectivity index (χ4n) is 3.45. The first kappa shape index (κ1) is 21.8. The quantitative estimate of drug-likeness (QED) is 0.396. The molecule has 2 aromatic heterocycles. The lowest BCUT2D eigenvalue weighted by atomic mass is 10.0. The fraction of sp³-hybridized carbons (Fsp3) is 0.292. The molecular weight excluding hydrogens is 424 g/mol. The number of amides is 1. The number of amidine groups is 1. The average Bonchev–Trinajstić information content (AvgIpc) is 3.59. The second-order valence-electron chi connectivity index (χ2n) is 7.66. The third-order valence-corrected chi connectivity index (χ3v) is 6.53. The van der Waals surface area contributed by atoms with Crippen molar-refractivity contribution in [1.82, 2.24) is 10.2 Å². The number of benzene rings is 1. The van der Waals surface area contributed by atoms with Gasteiger partial charge >= 0.3 is 0 Å². The van der Waals surface area contributed by atoms with Crippen molar-refractivity contribution in [2.24, 2.45) is 5.16 Å². The normalized spacial score (nSPS) is 15.2. The van der Waals surface area contributed by atoms with E-state index in [0.29, 0.717) is 25.3 Å². The Morgan fingerprint density at radius 2 is 2.06 bits per heavy atom. The van der Waals surface area contributed by atoms with Gasteiger partial charge in [0.1, 0.15) is 17.7 Å². The molecule has 1 aliphatic rings. The van der Waals surface area contributed by atoms with Gasteiger partial charge in [0, 0.05) is 23.9 Å². The van der Waals surface area contributed by atoms with Crippen molar-refractivity contribution in [3.63, 3.8) is 0 Å². The first-order chi connectivity index (χ1) is 15.5. The van der Waals surface area contributed by atoms with Gasteiger partial charge < -0.3 is 19.5 Å². The lowest BCUT2D eigenvalue weighted by Gasteiger charge is -2.19. The molecule has 7 nitrogen and oxygen atoms in total. The number of hydrogen-bond donors (Lipinski definition) is 2. The van der Waals surface area contributed by atoms with E-state index < -0.39 is 0 Å². The molecule has 1 amide bonds. The maximum absolute atomic E-state index is 12.3. The Morgan fingerprint density at radius 3 is 2.75 bits per heavy atom. The molecule has 0 fully saturated rings. The Labute approximate surface area is 191 Å². The molecule has 32 heavy (non-hydrogen) atoms. The largest absolute Gasteiger partial charge is 0.467 e. The van der Waals surface area contributed by atoms with Gasteiger partial charge in [-0.25, -0.2) is 0 Å². The van der Waals surface area contributed by atoms with E-state index in [2.05, 4.69) is 17.4 Å². The molecule has 4 rings (SSSR count). The van der Waals surface area contributed by atoms with E-state index >= 15 is 0 Å². The zero-order valence-electron chi connectivity index (χ0n) is 18.1. The van der Waals surface area contributed by atoms with Crippen molar-refractivity contribution >= 4 is 28.8 Å². The van der Waals surface area contributed by atoms with Crippen molar-refractivity contribution in [2.75, 3.05) is 13.6 Å². The van der Waals surface area contributed by atoms with Gasteiger partial charge in [-0.2, -0.15) is 0 Å². The third kappa shape index (κ3) is 5.08. The summed E-state index contributed by atoms with van der Waals surface area (Å²) in [6.07, 6.45) is 3.01. The number of nitrogens with zero attached hydrogens (tertiary/aromatic N) is 2. The highest BCUT2D eigenvalue weighted by atomic mass is 32.1. The number of hydrogen-bond acceptors (Lipinski definition) is 6. The summed E-state index contributed by atoms with van der Waals surface area (Å²) in [5.41, 5.74) is 2.61. The van der Waals surface area contributed by atoms with Gasteiger partial charge in [-0.15, -0.1) is 11.3 Å². The van der Waals surface area contributed by atoms with Gasteiger partial charge in [-0.3, -0.25) is 10.2 Å². The Balaban J connectivity index is 1.28. The molecule has 2 N–H and O–H groups in total. The number of aryl methyl sites for hydroxylation is 1. The number of nitrogens with one attached hydrogen (secondary N) is 2. The molecule has 3 heterocycles. The van der Waals surface area contributed by atoms with Crippen LogP contribution < -0.4 is 5.32 Å². The van der Waals surface area contributed by atoms with E-state index in [1.807, 2.05) is 60.5 Å². The van der Waals surface area contributed by atoms with Crippen molar-refractivity contribution in [3.8, 4) is 0 Å². The van der Waals surface area contributed by atoms with Crippen LogP contribution in [0, 0.1) is 5.41 Å². The summed E-state index contributed by atoms with van der Waals surface area (Å²) < 4.78 is 5.36. The molecule has 1 aromatic carbocycles. The smallest absolute Gasteiger partial charge is 0.261 e. The zero-order chi connectivity index (χ0) is 22.5. The van der Waals surface area contributed by atoms with Crippen LogP contribution in [0.5, 0.6) is 0 Å². The number of rotatable bonds is 8. The van der Waals surface area contributed by atoms with Crippen LogP contribution in [-0.4, -0.2) is 42.1 Å². The Bertz CT molecular complexity index is 1100. The van der Waals surface area contributed by atoms with Crippen LogP contribution >= 0.6 is 11.3 Å². The minimum absolute atomic E-state index is 0.0757. The van der Waals surface area contributed by atoms with E-state index in [9.17, 15) is 4.79 Å². The number of carbonyl (C=O) groups is 1. The van der Waals surface area contributed by atoms with E-state index in [1.54, 1.807) is 6.26 Å². The minimum atomic E-state index is -0.183. The lowest BCUT2D eigenvalue weighted by molar-refractivity contribution is 0.0755. The van der Waals surface area contributed by atoms with Gasteiger partial charge in [-0.05, 0) is 36.2 Å². The molecule has 3 aromatic rings. The van der Waals surface area contributed by atoms with Crippen molar-refractivity contribution in [1.29, 1.82) is 5.41 Å². The minimum Gasteiger partial charge on any atom is -0.467 e. The van der Waals surface area contributed by atoms with Crippen LogP contribution in [0.3, 0.4) is 0 Å². The molecule has 0 saturated heterocycles. The van der Waals surface area contributed by atoms with Gasteiger partial charge in [0.25, 0.3) is 5.91 Å². The molecule has 8 heteroatoms. The summed E-state index contributed by atoms with van der Waals surface area (Å²) in [5, 5.41) is 15.6. The predicted molar refractivity (Wildman–Crippen MR) is 126 cm³/mol. The highest BCUT2D eigenvalue weighted by Gasteiger charge is 2.23. The molecule has 0 aliphatic carbocycles. The number of oxime groups is 1. The van der Waals surface area contributed by atoms with Gasteiger partial charge in [0.05, 0.1) is 29.9 Å². The molecule has 166 valence electrons. The number of carbonyl (C=O) groups excluding carboxylic acids is 1. The maximum atomic E-state index is 12.3. The highest BCUT2D eigenvalue weighted by molar-refractivity contribution is 7.14. The Kier molecular flexibility index (Phi) is 6.70. The van der Waals surface area contributed by atoms with Crippen LogP contribution in [0.15, 0.2) is 64.4 Å². The first-order valence-corrected chi connectivity index (χ1v) is 11.4. The van der Waals surface area contributed by atoms with Gasteiger partial charge in [-0.1, -0.05) is 36.3 Å². The Morgan fingerprint density at radius 1 is 1.25 bits per heavy atom. The van der Waals surface area contributed by atoms with E-state index in [0.717, 1.165) is 33.9 Å². The van der Waals surface area contributed by atoms with Gasteiger partial charge in [0.15, 0.2) is 0 Å². The predicted octanol–water partition coefficient (Wildman–Crippen LogP) is 4.28. The topological polar surface area (TPSA) is 90.9 Å². The Hall–Kier alpha value is -3.39. The molecule has 0 spiro atoms. The SMILES string of the molecule is CCc1ccc(C(=O)NCC2CC(c3ccc(C(=N)N(C)Cc4ccco4)cc3)=NO2)s1. The zero-order valence-corrected chi connectivity index (χ0v) is 18.9. The van der Waals surface area contributed by atoms with Crippen LogP contribution in [0.2, 0.25) is 0 Å². The number of thiophene rings is 1. The molecule has 0 saturated carbocycles. The second-order valence-corrected chi connectivity index (χ2v) is 8.83. The monoisotopic (exact) mass is 450 g/mol. The van der Waals surface area contributed by atoms with Crippen molar-refractivity contribution in [3.05, 3.63) is 81.4 Å².